The molecule has 0 unspecified atom stereocenters. The number of nitrogens with zero attached hydrogens (tertiary/aromatic N) is 2. The van der Waals surface area contributed by atoms with Gasteiger partial charge < -0.3 is 10.6 Å². The first-order valence-corrected chi connectivity index (χ1v) is 13.6. The SMILES string of the molecule is Cc1ccc([C@@H](C(=O)NC2CCCCC2)N(C(=O)CCCC(=O)Nc2ccccn2)c2ccc(F)cc2)cc1. The molecule has 2 aromatic carbocycles. The topological polar surface area (TPSA) is 91.4 Å². The van der Waals surface area contributed by atoms with Crippen LogP contribution in [0, 0.1) is 12.7 Å². The molecule has 1 fully saturated rings. The maximum absolute atomic E-state index is 13.8. The molecule has 2 N–H and O–H groups in total. The lowest BCUT2D eigenvalue weighted by Gasteiger charge is -2.33. The van der Waals surface area contributed by atoms with E-state index in [1.54, 1.807) is 24.4 Å². The van der Waals surface area contributed by atoms with Crippen LogP contribution in [0.2, 0.25) is 0 Å². The van der Waals surface area contributed by atoms with Crippen LogP contribution in [0.1, 0.15) is 68.5 Å². The molecule has 39 heavy (non-hydrogen) atoms. The fraction of sp³-hybridized carbons (Fsp3) is 0.355. The van der Waals surface area contributed by atoms with E-state index >= 15 is 0 Å². The van der Waals surface area contributed by atoms with Gasteiger partial charge in [-0.1, -0.05) is 55.2 Å². The molecule has 7 nitrogen and oxygen atoms in total. The molecule has 1 atom stereocenters. The molecular weight excluding hydrogens is 495 g/mol. The molecule has 8 heteroatoms. The molecule has 0 bridgehead atoms. The molecule has 1 saturated carbocycles. The number of nitrogens with one attached hydrogen (secondary N) is 2. The lowest BCUT2D eigenvalue weighted by Crippen LogP contribution is -2.47. The van der Waals surface area contributed by atoms with Gasteiger partial charge in [0, 0.05) is 30.8 Å². The van der Waals surface area contributed by atoms with Gasteiger partial charge in [0.25, 0.3) is 0 Å². The highest BCUT2D eigenvalue weighted by molar-refractivity contribution is 6.01. The summed E-state index contributed by atoms with van der Waals surface area (Å²) in [6, 6.07) is 17.4. The molecule has 1 aliphatic rings. The number of hydrogen-bond donors (Lipinski definition) is 2. The van der Waals surface area contributed by atoms with Crippen LogP contribution in [0.15, 0.2) is 72.9 Å². The van der Waals surface area contributed by atoms with E-state index in [9.17, 15) is 18.8 Å². The molecule has 3 amide bonds. The van der Waals surface area contributed by atoms with Crippen LogP contribution in [0.5, 0.6) is 0 Å². The maximum atomic E-state index is 13.8. The highest BCUT2D eigenvalue weighted by atomic mass is 19.1. The number of hydrogen-bond acceptors (Lipinski definition) is 4. The number of aromatic nitrogens is 1. The minimum absolute atomic E-state index is 0.0338. The van der Waals surface area contributed by atoms with Gasteiger partial charge in [0.05, 0.1) is 0 Å². The number of halogens is 1. The maximum Gasteiger partial charge on any atom is 0.248 e. The van der Waals surface area contributed by atoms with Gasteiger partial charge >= 0.3 is 0 Å². The lowest BCUT2D eigenvalue weighted by atomic mass is 9.94. The zero-order valence-electron chi connectivity index (χ0n) is 22.2. The molecule has 1 aliphatic carbocycles. The van der Waals surface area contributed by atoms with Crippen molar-refractivity contribution in [3.8, 4) is 0 Å². The predicted octanol–water partition coefficient (Wildman–Crippen LogP) is 5.86. The summed E-state index contributed by atoms with van der Waals surface area (Å²) < 4.78 is 13.8. The zero-order valence-corrected chi connectivity index (χ0v) is 22.2. The van der Waals surface area contributed by atoms with Crippen LogP contribution < -0.4 is 15.5 Å². The number of benzene rings is 2. The Morgan fingerprint density at radius 2 is 1.67 bits per heavy atom. The summed E-state index contributed by atoms with van der Waals surface area (Å²) in [7, 11) is 0. The highest BCUT2D eigenvalue weighted by Gasteiger charge is 2.34. The van der Waals surface area contributed by atoms with Crippen LogP contribution in [-0.2, 0) is 14.4 Å². The summed E-state index contributed by atoms with van der Waals surface area (Å²) in [6.45, 7) is 1.96. The van der Waals surface area contributed by atoms with Crippen molar-refractivity contribution in [3.05, 3.63) is 89.9 Å². The van der Waals surface area contributed by atoms with E-state index in [1.807, 2.05) is 31.2 Å². The normalized spacial score (nSPS) is 14.3. The van der Waals surface area contributed by atoms with Gasteiger partial charge in [-0.25, -0.2) is 9.37 Å². The number of aryl methyl sites for hydroxylation is 1. The second-order valence-corrected chi connectivity index (χ2v) is 10.0. The first kappa shape index (κ1) is 28.0. The van der Waals surface area contributed by atoms with Crippen LogP contribution in [0.4, 0.5) is 15.9 Å². The summed E-state index contributed by atoms with van der Waals surface area (Å²) in [5, 5.41) is 5.89. The molecule has 0 saturated heterocycles. The Bertz CT molecular complexity index is 1240. The predicted molar refractivity (Wildman–Crippen MR) is 150 cm³/mol. The molecule has 0 spiro atoms. The standard InChI is InChI=1S/C31H35FN4O3/c1-22-13-15-23(16-14-22)30(31(39)34-25-8-3-2-4-9-25)36(26-19-17-24(32)18-20-26)29(38)12-7-11-28(37)35-27-10-5-6-21-33-27/h5-6,10,13-21,25,30H,2-4,7-9,11-12H2,1H3,(H,34,39)(H,33,35,37)/t30-/m0/s1. The lowest BCUT2D eigenvalue weighted by molar-refractivity contribution is -0.127. The molecule has 204 valence electrons. The first-order valence-electron chi connectivity index (χ1n) is 13.6. The minimum Gasteiger partial charge on any atom is -0.351 e. The summed E-state index contributed by atoms with van der Waals surface area (Å²) >= 11 is 0. The Kier molecular flexibility index (Phi) is 9.78. The van der Waals surface area contributed by atoms with Crippen molar-refractivity contribution in [2.45, 2.75) is 70.4 Å². The van der Waals surface area contributed by atoms with Gasteiger partial charge in [0.1, 0.15) is 17.7 Å². The van der Waals surface area contributed by atoms with Crippen LogP contribution in [0.25, 0.3) is 0 Å². The highest BCUT2D eigenvalue weighted by Crippen LogP contribution is 2.30. The van der Waals surface area contributed by atoms with Gasteiger partial charge in [-0.2, -0.15) is 0 Å². The van der Waals surface area contributed by atoms with Crippen LogP contribution in [0.3, 0.4) is 0 Å². The summed E-state index contributed by atoms with van der Waals surface area (Å²) in [5.74, 6) is -0.829. The summed E-state index contributed by atoms with van der Waals surface area (Å²) in [4.78, 5) is 45.5. The Morgan fingerprint density at radius 1 is 0.949 bits per heavy atom. The largest absolute Gasteiger partial charge is 0.351 e. The third kappa shape index (κ3) is 7.96. The van der Waals surface area contributed by atoms with E-state index in [2.05, 4.69) is 15.6 Å². The number of pyridine rings is 1. The Balaban J connectivity index is 1.56. The van der Waals surface area contributed by atoms with Crippen LogP contribution >= 0.6 is 0 Å². The van der Waals surface area contributed by atoms with Crippen LogP contribution in [-0.4, -0.2) is 28.7 Å². The Labute approximate surface area is 228 Å². The molecular formula is C31H35FN4O3. The smallest absolute Gasteiger partial charge is 0.248 e. The number of amides is 3. The van der Waals surface area contributed by atoms with Gasteiger partial charge in [-0.15, -0.1) is 0 Å². The van der Waals surface area contributed by atoms with E-state index in [1.165, 1.54) is 29.2 Å². The average Bonchev–Trinajstić information content (AvgIpc) is 2.94. The van der Waals surface area contributed by atoms with Crippen molar-refractivity contribution in [1.29, 1.82) is 0 Å². The minimum atomic E-state index is -0.937. The number of rotatable bonds is 10. The fourth-order valence-corrected chi connectivity index (χ4v) is 4.89. The molecule has 0 radical (unpaired) electrons. The molecule has 3 aromatic rings. The quantitative estimate of drug-likeness (QED) is 0.343. The van der Waals surface area contributed by atoms with Crippen molar-refractivity contribution in [2.24, 2.45) is 0 Å². The van der Waals surface area contributed by atoms with E-state index < -0.39 is 11.9 Å². The fourth-order valence-electron chi connectivity index (χ4n) is 4.89. The van der Waals surface area contributed by atoms with Gasteiger partial charge in [0.15, 0.2) is 0 Å². The molecule has 0 aliphatic heterocycles. The zero-order chi connectivity index (χ0) is 27.6. The van der Waals surface area contributed by atoms with Gasteiger partial charge in [0.2, 0.25) is 17.7 Å². The molecule has 4 rings (SSSR count). The van der Waals surface area contributed by atoms with Crippen molar-refractivity contribution < 1.29 is 18.8 Å². The van der Waals surface area contributed by atoms with E-state index in [0.29, 0.717) is 17.1 Å². The van der Waals surface area contributed by atoms with E-state index in [-0.39, 0.29) is 43.0 Å². The number of carbonyl (C=O) groups is 3. The van der Waals surface area contributed by atoms with E-state index in [0.717, 1.165) is 37.7 Å². The summed E-state index contributed by atoms with van der Waals surface area (Å²) in [6.07, 6.45) is 7.09. The molecule has 1 heterocycles. The van der Waals surface area contributed by atoms with Gasteiger partial charge in [-0.3, -0.25) is 19.3 Å². The first-order chi connectivity index (χ1) is 18.9. The third-order valence-corrected chi connectivity index (χ3v) is 6.95. The monoisotopic (exact) mass is 530 g/mol. The van der Waals surface area contributed by atoms with Crippen molar-refractivity contribution in [1.82, 2.24) is 10.3 Å². The Hall–Kier alpha value is -4.07. The number of anilines is 2. The third-order valence-electron chi connectivity index (χ3n) is 6.95. The van der Waals surface area contributed by atoms with Crippen molar-refractivity contribution in [3.63, 3.8) is 0 Å². The number of carbonyl (C=O) groups excluding carboxylic acids is 3. The second-order valence-electron chi connectivity index (χ2n) is 10.0. The van der Waals surface area contributed by atoms with Gasteiger partial charge in [-0.05, 0) is 68.1 Å². The second kappa shape index (κ2) is 13.6. The summed E-state index contributed by atoms with van der Waals surface area (Å²) in [5.41, 5.74) is 2.12. The Morgan fingerprint density at radius 3 is 2.33 bits per heavy atom. The van der Waals surface area contributed by atoms with E-state index in [4.69, 9.17) is 0 Å². The van der Waals surface area contributed by atoms with Crippen molar-refractivity contribution in [2.75, 3.05) is 10.2 Å². The average molecular weight is 531 g/mol. The van der Waals surface area contributed by atoms with Crippen molar-refractivity contribution >= 4 is 29.2 Å². The molecule has 1 aromatic heterocycles.